The van der Waals surface area contributed by atoms with Crippen molar-refractivity contribution in [2.24, 2.45) is 5.10 Å². The minimum absolute atomic E-state index is 0.199. The molecule has 0 aliphatic carbocycles. The van der Waals surface area contributed by atoms with E-state index in [4.69, 9.17) is 14.2 Å². The summed E-state index contributed by atoms with van der Waals surface area (Å²) in [6.07, 6.45) is 1.10. The predicted molar refractivity (Wildman–Crippen MR) is 141 cm³/mol. The molecule has 0 heterocycles. The van der Waals surface area contributed by atoms with Gasteiger partial charge in [0, 0.05) is 16.5 Å². The van der Waals surface area contributed by atoms with E-state index in [1.165, 1.54) is 6.21 Å². The highest BCUT2D eigenvalue weighted by Crippen LogP contribution is 2.33. The maximum atomic E-state index is 12.8. The minimum Gasteiger partial charge on any atom is -0.493 e. The fraction of sp³-hybridized carbons (Fsp3) is 0.222. The number of carbonyl (C=O) groups excluding carboxylic acids is 2. The number of hydrazone groups is 1. The SMILES string of the molecule is CCOC(=O)N[C@H](Cc1ccccc1)C(=O)N/N=C\c1cc(OC)c(OCc2ccccc2)cc1Br. The van der Waals surface area contributed by atoms with Gasteiger partial charge in [-0.05, 0) is 46.1 Å². The molecule has 2 amide bonds. The lowest BCUT2D eigenvalue weighted by Crippen LogP contribution is -2.47. The number of hydrogen-bond acceptors (Lipinski definition) is 6. The quantitative estimate of drug-likeness (QED) is 0.261. The molecule has 0 spiro atoms. The molecular formula is C27H28BrN3O5. The third-order valence-corrected chi connectivity index (χ3v) is 5.75. The van der Waals surface area contributed by atoms with Gasteiger partial charge < -0.3 is 19.5 Å². The maximum Gasteiger partial charge on any atom is 0.407 e. The topological polar surface area (TPSA) is 98.2 Å². The Morgan fingerprint density at radius 2 is 1.67 bits per heavy atom. The molecule has 0 aliphatic rings. The summed E-state index contributed by atoms with van der Waals surface area (Å²) in [6, 6.07) is 21.8. The van der Waals surface area contributed by atoms with Crippen LogP contribution in [0.1, 0.15) is 23.6 Å². The van der Waals surface area contributed by atoms with Gasteiger partial charge in [-0.25, -0.2) is 10.2 Å². The van der Waals surface area contributed by atoms with Crippen molar-refractivity contribution < 1.29 is 23.8 Å². The van der Waals surface area contributed by atoms with Crippen LogP contribution in [0.5, 0.6) is 11.5 Å². The van der Waals surface area contributed by atoms with E-state index < -0.39 is 18.0 Å². The molecule has 0 saturated heterocycles. The van der Waals surface area contributed by atoms with E-state index in [0.29, 0.717) is 28.1 Å². The van der Waals surface area contributed by atoms with E-state index in [-0.39, 0.29) is 13.0 Å². The van der Waals surface area contributed by atoms with Crippen LogP contribution >= 0.6 is 15.9 Å². The van der Waals surface area contributed by atoms with Crippen LogP contribution in [0.4, 0.5) is 4.79 Å². The molecule has 9 heteroatoms. The fourth-order valence-corrected chi connectivity index (χ4v) is 3.70. The molecule has 0 aliphatic heterocycles. The van der Waals surface area contributed by atoms with Crippen molar-refractivity contribution in [2.45, 2.75) is 26.0 Å². The van der Waals surface area contributed by atoms with Crippen molar-refractivity contribution >= 4 is 34.1 Å². The monoisotopic (exact) mass is 553 g/mol. The highest BCUT2D eigenvalue weighted by atomic mass is 79.9. The lowest BCUT2D eigenvalue weighted by atomic mass is 10.1. The highest BCUT2D eigenvalue weighted by molar-refractivity contribution is 9.10. The van der Waals surface area contributed by atoms with Gasteiger partial charge >= 0.3 is 6.09 Å². The number of halogens is 1. The molecule has 0 bridgehead atoms. The number of hydrogen-bond donors (Lipinski definition) is 2. The molecule has 3 aromatic carbocycles. The van der Waals surface area contributed by atoms with E-state index in [9.17, 15) is 9.59 Å². The number of ether oxygens (including phenoxy) is 3. The third-order valence-electron chi connectivity index (χ3n) is 5.07. The van der Waals surface area contributed by atoms with Crippen molar-refractivity contribution in [3.8, 4) is 11.5 Å². The molecule has 0 unspecified atom stereocenters. The summed E-state index contributed by atoms with van der Waals surface area (Å²) in [7, 11) is 1.55. The van der Waals surface area contributed by atoms with Crippen LogP contribution in [0.15, 0.2) is 82.4 Å². The van der Waals surface area contributed by atoms with Crippen molar-refractivity contribution in [1.82, 2.24) is 10.7 Å². The Balaban J connectivity index is 1.68. The molecule has 0 aromatic heterocycles. The Kier molecular flexibility index (Phi) is 10.3. The van der Waals surface area contributed by atoms with Gasteiger partial charge in [-0.1, -0.05) is 60.7 Å². The summed E-state index contributed by atoms with van der Waals surface area (Å²) >= 11 is 3.51. The van der Waals surface area contributed by atoms with Gasteiger partial charge in [-0.3, -0.25) is 4.79 Å². The van der Waals surface area contributed by atoms with Crippen LogP contribution in [-0.4, -0.2) is 38.0 Å². The number of rotatable bonds is 11. The molecule has 188 valence electrons. The summed E-state index contributed by atoms with van der Waals surface area (Å²) in [6.45, 7) is 2.29. The van der Waals surface area contributed by atoms with Crippen molar-refractivity contribution in [3.05, 3.63) is 94.0 Å². The summed E-state index contributed by atoms with van der Waals surface area (Å²) in [5, 5.41) is 6.66. The lowest BCUT2D eigenvalue weighted by molar-refractivity contribution is -0.123. The van der Waals surface area contributed by atoms with Gasteiger partial charge in [-0.15, -0.1) is 0 Å². The molecule has 36 heavy (non-hydrogen) atoms. The van der Waals surface area contributed by atoms with Crippen LogP contribution in [0.3, 0.4) is 0 Å². The van der Waals surface area contributed by atoms with Crippen molar-refractivity contribution in [2.75, 3.05) is 13.7 Å². The minimum atomic E-state index is -0.865. The normalized spacial score (nSPS) is 11.5. The lowest BCUT2D eigenvalue weighted by Gasteiger charge is -2.17. The molecule has 3 aromatic rings. The largest absolute Gasteiger partial charge is 0.493 e. The van der Waals surface area contributed by atoms with E-state index in [1.54, 1.807) is 26.2 Å². The third kappa shape index (κ3) is 8.13. The van der Waals surface area contributed by atoms with Crippen LogP contribution in [0, 0.1) is 0 Å². The van der Waals surface area contributed by atoms with Gasteiger partial charge in [-0.2, -0.15) is 5.10 Å². The van der Waals surface area contributed by atoms with Crippen molar-refractivity contribution in [1.29, 1.82) is 0 Å². The number of amides is 2. The van der Waals surface area contributed by atoms with Gasteiger partial charge in [0.05, 0.1) is 19.9 Å². The Hall–Kier alpha value is -3.85. The maximum absolute atomic E-state index is 12.8. The average Bonchev–Trinajstić information content (AvgIpc) is 2.89. The Labute approximate surface area is 218 Å². The van der Waals surface area contributed by atoms with Gasteiger partial charge in [0.1, 0.15) is 12.6 Å². The van der Waals surface area contributed by atoms with E-state index in [2.05, 4.69) is 31.8 Å². The first-order valence-corrected chi connectivity index (χ1v) is 12.1. The van der Waals surface area contributed by atoms with Crippen LogP contribution in [0.25, 0.3) is 0 Å². The number of methoxy groups -OCH3 is 1. The number of benzene rings is 3. The molecule has 0 radical (unpaired) electrons. The number of nitrogens with zero attached hydrogens (tertiary/aromatic N) is 1. The average molecular weight is 554 g/mol. The van der Waals surface area contributed by atoms with Crippen LogP contribution < -0.4 is 20.2 Å². The predicted octanol–water partition coefficient (Wildman–Crippen LogP) is 4.84. The van der Waals surface area contributed by atoms with Crippen LogP contribution in [0.2, 0.25) is 0 Å². The number of alkyl carbamates (subject to hydrolysis) is 1. The number of carbonyl (C=O) groups is 2. The summed E-state index contributed by atoms with van der Waals surface area (Å²) < 4.78 is 17.0. The second kappa shape index (κ2) is 13.9. The summed E-state index contributed by atoms with van der Waals surface area (Å²) in [5.74, 6) is 0.609. The standard InChI is InChI=1S/C27H28BrN3O5/c1-3-35-27(33)30-23(14-19-10-6-4-7-11-19)26(32)31-29-17-21-15-24(34-2)25(16-22(21)28)36-18-20-12-8-5-9-13-20/h4-13,15-17,23H,3,14,18H2,1-2H3,(H,30,33)(H,31,32)/b29-17-/t23-/m1/s1. The Morgan fingerprint density at radius 1 is 1.00 bits per heavy atom. The van der Waals surface area contributed by atoms with E-state index in [1.807, 2.05) is 60.7 Å². The van der Waals surface area contributed by atoms with Crippen molar-refractivity contribution in [3.63, 3.8) is 0 Å². The molecule has 3 rings (SSSR count). The van der Waals surface area contributed by atoms with Crippen LogP contribution in [-0.2, 0) is 22.6 Å². The zero-order chi connectivity index (χ0) is 25.8. The molecule has 8 nitrogen and oxygen atoms in total. The first-order valence-electron chi connectivity index (χ1n) is 11.3. The van der Waals surface area contributed by atoms with Gasteiger partial charge in [0.2, 0.25) is 0 Å². The Morgan fingerprint density at radius 3 is 2.31 bits per heavy atom. The highest BCUT2D eigenvalue weighted by Gasteiger charge is 2.21. The van der Waals surface area contributed by atoms with Gasteiger partial charge in [0.15, 0.2) is 11.5 Å². The first kappa shape index (κ1) is 26.7. The second-order valence-electron chi connectivity index (χ2n) is 7.64. The van der Waals surface area contributed by atoms with E-state index >= 15 is 0 Å². The fourth-order valence-electron chi connectivity index (χ4n) is 3.27. The molecular weight excluding hydrogens is 526 g/mol. The molecule has 2 N–H and O–H groups in total. The second-order valence-corrected chi connectivity index (χ2v) is 8.49. The zero-order valence-electron chi connectivity index (χ0n) is 20.1. The Bertz CT molecular complexity index is 1170. The zero-order valence-corrected chi connectivity index (χ0v) is 21.7. The summed E-state index contributed by atoms with van der Waals surface area (Å²) in [4.78, 5) is 24.8. The van der Waals surface area contributed by atoms with Gasteiger partial charge in [0.25, 0.3) is 5.91 Å². The number of nitrogens with one attached hydrogen (secondary N) is 2. The smallest absolute Gasteiger partial charge is 0.407 e. The molecule has 0 saturated carbocycles. The molecule has 0 fully saturated rings. The molecule has 1 atom stereocenters. The van der Waals surface area contributed by atoms with E-state index in [0.717, 1.165) is 11.1 Å². The first-order chi connectivity index (χ1) is 17.5. The summed E-state index contributed by atoms with van der Waals surface area (Å²) in [5.41, 5.74) is 5.08.